The smallest absolute Gasteiger partial charge is 0.387 e. The predicted molar refractivity (Wildman–Crippen MR) is 36.1 cm³/mol. The topological polar surface area (TPSA) is 47.9 Å². The van der Waals surface area contributed by atoms with Crippen molar-refractivity contribution in [3.63, 3.8) is 0 Å². The Kier molecular flexibility index (Phi) is 5.45. The normalized spacial score (nSPS) is 14.8. The largest absolute Gasteiger partial charge is 0.492 e. The number of rotatable bonds is 8. The van der Waals surface area contributed by atoms with Gasteiger partial charge in [-0.15, -0.1) is 8.78 Å². The van der Waals surface area contributed by atoms with Crippen molar-refractivity contribution < 1.29 is 58.8 Å². The van der Waals surface area contributed by atoms with Crippen molar-refractivity contribution in [2.75, 3.05) is 13.5 Å². The molecule has 19 heavy (non-hydrogen) atoms. The van der Waals surface area contributed by atoms with Gasteiger partial charge >= 0.3 is 24.6 Å². The lowest BCUT2D eigenvalue weighted by atomic mass is 10.5. The highest BCUT2D eigenvalue weighted by molar-refractivity contribution is 4.70. The second kappa shape index (κ2) is 5.68. The second-order valence-corrected chi connectivity index (χ2v) is 2.75. The van der Waals surface area contributed by atoms with Crippen molar-refractivity contribution in [3.8, 4) is 0 Å². The van der Waals surface area contributed by atoms with Crippen molar-refractivity contribution in [1.82, 2.24) is 0 Å². The van der Waals surface area contributed by atoms with E-state index < -0.39 is 38.1 Å². The predicted octanol–water partition coefficient (Wildman–Crippen LogP) is 2.28. The first kappa shape index (κ1) is 18.2. The van der Waals surface area contributed by atoms with E-state index in [2.05, 4.69) is 14.2 Å². The summed E-state index contributed by atoms with van der Waals surface area (Å²) in [5.41, 5.74) is 0. The Morgan fingerprint density at radius 3 is 1.58 bits per heavy atom. The van der Waals surface area contributed by atoms with Crippen LogP contribution < -0.4 is 0 Å². The summed E-state index contributed by atoms with van der Waals surface area (Å²) in [6.45, 7) is -4.82. The summed E-state index contributed by atoms with van der Waals surface area (Å²) < 4.78 is 117. The summed E-state index contributed by atoms with van der Waals surface area (Å²) in [5, 5.41) is 7.82. The molecule has 0 radical (unpaired) electrons. The van der Waals surface area contributed by atoms with Gasteiger partial charge in [0.15, 0.2) is 6.86 Å². The van der Waals surface area contributed by atoms with Gasteiger partial charge < -0.3 is 5.11 Å². The Morgan fingerprint density at radius 1 is 0.789 bits per heavy atom. The van der Waals surface area contributed by atoms with Crippen molar-refractivity contribution >= 4 is 0 Å². The molecule has 0 aliphatic heterocycles. The molecule has 0 spiro atoms. The number of aliphatic hydroxyl groups excluding tert-OH is 1. The van der Waals surface area contributed by atoms with Gasteiger partial charge in [0.05, 0.1) is 0 Å². The van der Waals surface area contributed by atoms with Gasteiger partial charge in [0.2, 0.25) is 0 Å². The van der Waals surface area contributed by atoms with Gasteiger partial charge in [-0.3, -0.25) is 4.74 Å². The lowest BCUT2D eigenvalue weighted by molar-refractivity contribution is -0.547. The van der Waals surface area contributed by atoms with Crippen LogP contribution in [0.3, 0.4) is 0 Å². The van der Waals surface area contributed by atoms with Crippen LogP contribution in [0.1, 0.15) is 0 Å². The summed E-state index contributed by atoms with van der Waals surface area (Å²) in [5.74, 6) is 0. The van der Waals surface area contributed by atoms with Gasteiger partial charge in [-0.2, -0.15) is 26.3 Å². The molecule has 0 atom stereocenters. The van der Waals surface area contributed by atoms with E-state index in [1.54, 1.807) is 0 Å². The van der Waals surface area contributed by atoms with Gasteiger partial charge in [0, 0.05) is 0 Å². The maximum atomic E-state index is 12.5. The van der Waals surface area contributed by atoms with E-state index in [1.807, 2.05) is 0 Å². The lowest BCUT2D eigenvalue weighted by Crippen LogP contribution is -2.52. The van der Waals surface area contributed by atoms with Gasteiger partial charge in [-0.1, -0.05) is 0 Å². The van der Waals surface area contributed by atoms with Crippen LogP contribution >= 0.6 is 0 Å². The molecular formula is C6H5F9O4. The SMILES string of the molecule is OCC(F)(F)OC(F)(F)C(F)(F)OC(F)(F)OCF. The lowest BCUT2D eigenvalue weighted by Gasteiger charge is -2.29. The third kappa shape index (κ3) is 5.38. The summed E-state index contributed by atoms with van der Waals surface area (Å²) in [6.07, 6.45) is -23.3. The molecule has 0 aromatic carbocycles. The third-order valence-corrected chi connectivity index (χ3v) is 1.27. The Hall–Kier alpha value is -0.790. The number of halogens is 9. The van der Waals surface area contributed by atoms with Gasteiger partial charge in [0.1, 0.15) is 6.61 Å². The van der Waals surface area contributed by atoms with E-state index in [9.17, 15) is 39.5 Å². The molecule has 0 amide bonds. The van der Waals surface area contributed by atoms with Gasteiger partial charge in [-0.05, 0) is 0 Å². The fourth-order valence-electron chi connectivity index (χ4n) is 0.581. The molecule has 1 N–H and O–H groups in total. The standard InChI is InChI=1S/C6H5F9O4/c7-2-17-6(14,15)19-5(12,13)4(10,11)18-3(8,9)1-16/h16H,1-2H2. The fraction of sp³-hybridized carbons (Fsp3) is 1.00. The Balaban J connectivity index is 4.96. The van der Waals surface area contributed by atoms with Crippen molar-refractivity contribution in [3.05, 3.63) is 0 Å². The second-order valence-electron chi connectivity index (χ2n) is 2.75. The number of alkyl halides is 9. The first-order valence-corrected chi connectivity index (χ1v) is 4.01. The summed E-state index contributed by atoms with van der Waals surface area (Å²) in [7, 11) is 0. The maximum Gasteiger partial charge on any atom is 0.492 e. The number of ether oxygens (including phenoxy) is 3. The van der Waals surface area contributed by atoms with E-state index in [0.29, 0.717) is 0 Å². The molecule has 0 aliphatic rings. The Bertz CT molecular complexity index is 294. The zero-order chi connectivity index (χ0) is 15.5. The minimum atomic E-state index is -6.30. The summed E-state index contributed by atoms with van der Waals surface area (Å²) in [4.78, 5) is 0. The molecule has 0 heterocycles. The summed E-state index contributed by atoms with van der Waals surface area (Å²) in [6, 6.07) is 0. The van der Waals surface area contributed by atoms with E-state index in [1.165, 1.54) is 0 Å². The molecule has 4 nitrogen and oxygen atoms in total. The quantitative estimate of drug-likeness (QED) is 0.552. The Morgan fingerprint density at radius 2 is 1.21 bits per heavy atom. The molecule has 0 bridgehead atoms. The molecule has 0 aliphatic carbocycles. The zero-order valence-corrected chi connectivity index (χ0v) is 8.49. The first-order valence-electron chi connectivity index (χ1n) is 4.01. The van der Waals surface area contributed by atoms with Crippen LogP contribution in [0, 0.1) is 0 Å². The molecule has 0 saturated carbocycles. The Labute approximate surface area is 98.2 Å². The van der Waals surface area contributed by atoms with E-state index >= 15 is 0 Å². The van der Waals surface area contributed by atoms with Crippen LogP contribution in [-0.2, 0) is 14.2 Å². The minimum Gasteiger partial charge on any atom is -0.387 e. The molecule has 0 aromatic heterocycles. The van der Waals surface area contributed by atoms with Crippen LogP contribution in [-0.4, -0.2) is 43.2 Å². The zero-order valence-electron chi connectivity index (χ0n) is 8.49. The van der Waals surface area contributed by atoms with Crippen molar-refractivity contribution in [1.29, 1.82) is 0 Å². The monoisotopic (exact) mass is 312 g/mol. The van der Waals surface area contributed by atoms with Crippen molar-refractivity contribution in [2.45, 2.75) is 24.6 Å². The van der Waals surface area contributed by atoms with Crippen LogP contribution in [0.5, 0.6) is 0 Å². The average molecular weight is 312 g/mol. The van der Waals surface area contributed by atoms with Crippen LogP contribution in [0.25, 0.3) is 0 Å². The number of hydrogen-bond acceptors (Lipinski definition) is 4. The number of aliphatic hydroxyl groups is 1. The average Bonchev–Trinajstić information content (AvgIpc) is 2.13. The molecule has 116 valence electrons. The highest BCUT2D eigenvalue weighted by Gasteiger charge is 2.67. The van der Waals surface area contributed by atoms with E-state index in [0.717, 1.165) is 0 Å². The molecule has 13 heteroatoms. The fourth-order valence-corrected chi connectivity index (χ4v) is 0.581. The van der Waals surface area contributed by atoms with Gasteiger partial charge in [0.25, 0.3) is 0 Å². The number of hydrogen-bond donors (Lipinski definition) is 1. The van der Waals surface area contributed by atoms with E-state index in [4.69, 9.17) is 5.11 Å². The van der Waals surface area contributed by atoms with E-state index in [-0.39, 0.29) is 0 Å². The minimum absolute atomic E-state index is 2.10. The third-order valence-electron chi connectivity index (χ3n) is 1.27. The van der Waals surface area contributed by atoms with Crippen LogP contribution in [0.15, 0.2) is 0 Å². The highest BCUT2D eigenvalue weighted by atomic mass is 19.3. The molecular weight excluding hydrogens is 307 g/mol. The highest BCUT2D eigenvalue weighted by Crippen LogP contribution is 2.43. The molecule has 0 unspecified atom stereocenters. The van der Waals surface area contributed by atoms with Crippen LogP contribution in [0.2, 0.25) is 0 Å². The molecule has 0 fully saturated rings. The maximum absolute atomic E-state index is 12.5. The van der Waals surface area contributed by atoms with Crippen LogP contribution in [0.4, 0.5) is 39.5 Å². The molecule has 0 saturated heterocycles. The first-order chi connectivity index (χ1) is 8.29. The van der Waals surface area contributed by atoms with Gasteiger partial charge in [-0.25, -0.2) is 13.9 Å². The molecule has 0 rings (SSSR count). The van der Waals surface area contributed by atoms with Crippen molar-refractivity contribution in [2.24, 2.45) is 0 Å². The molecule has 0 aromatic rings. The summed E-state index contributed by atoms with van der Waals surface area (Å²) >= 11 is 0.